The van der Waals surface area contributed by atoms with Gasteiger partial charge in [-0.3, -0.25) is 0 Å². The maximum Gasteiger partial charge on any atom is 0.243 e. The number of benzene rings is 1. The van der Waals surface area contributed by atoms with E-state index in [9.17, 15) is 0 Å². The molecule has 3 nitrogen and oxygen atoms in total. The minimum Gasteiger partial charge on any atom is -0.476 e. The fourth-order valence-electron chi connectivity index (χ4n) is 1.66. The molecule has 3 heteroatoms. The van der Waals surface area contributed by atoms with Gasteiger partial charge in [-0.2, -0.15) is 0 Å². The van der Waals surface area contributed by atoms with E-state index in [1.807, 2.05) is 24.3 Å². The van der Waals surface area contributed by atoms with Crippen LogP contribution in [-0.2, 0) is 0 Å². The molecule has 1 heterocycles. The highest BCUT2D eigenvalue weighted by molar-refractivity contribution is 5.73. The molecule has 1 aromatic heterocycles. The van der Waals surface area contributed by atoms with Crippen LogP contribution in [0.25, 0.3) is 11.0 Å². The lowest BCUT2D eigenvalue weighted by atomic mass is 10.2. The summed E-state index contributed by atoms with van der Waals surface area (Å²) in [6, 6.07) is 7.74. The quantitative estimate of drug-likeness (QED) is 0.712. The molecule has 0 bridgehead atoms. The molecule has 0 amide bonds. The molecular formula is C14H17N2O. The average molecular weight is 229 g/mol. The molecule has 0 atom stereocenters. The van der Waals surface area contributed by atoms with Gasteiger partial charge in [-0.05, 0) is 18.6 Å². The van der Waals surface area contributed by atoms with Gasteiger partial charge >= 0.3 is 0 Å². The van der Waals surface area contributed by atoms with E-state index in [2.05, 4.69) is 23.1 Å². The van der Waals surface area contributed by atoms with Crippen molar-refractivity contribution in [3.8, 4) is 5.88 Å². The predicted octanol–water partition coefficient (Wildman–Crippen LogP) is 3.39. The Hall–Kier alpha value is -1.64. The van der Waals surface area contributed by atoms with Gasteiger partial charge in [-0.25, -0.2) is 9.97 Å². The van der Waals surface area contributed by atoms with Crippen molar-refractivity contribution in [3.05, 3.63) is 30.5 Å². The number of ether oxygens (including phenoxy) is 1. The summed E-state index contributed by atoms with van der Waals surface area (Å²) >= 11 is 0. The van der Waals surface area contributed by atoms with Crippen molar-refractivity contribution < 1.29 is 4.74 Å². The molecule has 89 valence electrons. The minimum atomic E-state index is 0.500. The molecule has 0 saturated carbocycles. The number of fused-ring (bicyclic) bond motifs is 1. The highest BCUT2D eigenvalue weighted by Crippen LogP contribution is 2.12. The summed E-state index contributed by atoms with van der Waals surface area (Å²) in [5, 5.41) is 0. The first-order valence-corrected chi connectivity index (χ1v) is 6.17. The molecule has 0 unspecified atom stereocenters. The van der Waals surface area contributed by atoms with Crippen LogP contribution in [0.5, 0.6) is 5.88 Å². The van der Waals surface area contributed by atoms with Crippen LogP contribution in [0, 0.1) is 6.20 Å². The Balaban J connectivity index is 1.90. The topological polar surface area (TPSA) is 35.0 Å². The van der Waals surface area contributed by atoms with E-state index >= 15 is 0 Å². The first-order chi connectivity index (χ1) is 8.40. The summed E-state index contributed by atoms with van der Waals surface area (Å²) in [6.07, 6.45) is 7.59. The van der Waals surface area contributed by atoms with Gasteiger partial charge in [0.15, 0.2) is 6.20 Å². The van der Waals surface area contributed by atoms with Crippen LogP contribution in [0.2, 0.25) is 0 Å². The van der Waals surface area contributed by atoms with Crippen LogP contribution >= 0.6 is 0 Å². The van der Waals surface area contributed by atoms with Crippen molar-refractivity contribution in [2.75, 3.05) is 6.61 Å². The highest BCUT2D eigenvalue weighted by Gasteiger charge is 2.00. The second-order valence-electron chi connectivity index (χ2n) is 4.04. The van der Waals surface area contributed by atoms with Gasteiger partial charge in [0, 0.05) is 0 Å². The van der Waals surface area contributed by atoms with Crippen molar-refractivity contribution >= 4 is 11.0 Å². The van der Waals surface area contributed by atoms with Crippen LogP contribution in [0.15, 0.2) is 24.3 Å². The number of hydrogen-bond donors (Lipinski definition) is 0. The van der Waals surface area contributed by atoms with E-state index in [1.165, 1.54) is 19.3 Å². The molecule has 0 aliphatic carbocycles. The summed E-state index contributed by atoms with van der Waals surface area (Å²) in [5.41, 5.74) is 1.71. The maximum atomic E-state index is 5.53. The first kappa shape index (κ1) is 11.8. The number of unbranched alkanes of at least 4 members (excludes halogenated alkanes) is 3. The zero-order valence-corrected chi connectivity index (χ0v) is 10.1. The summed E-state index contributed by atoms with van der Waals surface area (Å²) in [6.45, 7) is 2.90. The van der Waals surface area contributed by atoms with Crippen molar-refractivity contribution in [2.45, 2.75) is 32.6 Å². The third-order valence-corrected chi connectivity index (χ3v) is 2.61. The van der Waals surface area contributed by atoms with E-state index in [4.69, 9.17) is 4.74 Å². The van der Waals surface area contributed by atoms with Gasteiger partial charge in [0.25, 0.3) is 0 Å². The SMILES string of the molecule is CCCCCCOc1[c]nc2ccccc2n1. The third-order valence-electron chi connectivity index (χ3n) is 2.61. The van der Waals surface area contributed by atoms with E-state index in [0.717, 1.165) is 17.5 Å². The minimum absolute atomic E-state index is 0.500. The average Bonchev–Trinajstić information content (AvgIpc) is 2.38. The lowest BCUT2D eigenvalue weighted by Gasteiger charge is -2.04. The fourth-order valence-corrected chi connectivity index (χ4v) is 1.66. The molecule has 0 aliphatic heterocycles. The van der Waals surface area contributed by atoms with Gasteiger partial charge in [0.05, 0.1) is 17.6 Å². The van der Waals surface area contributed by atoms with E-state index in [-0.39, 0.29) is 0 Å². The maximum absolute atomic E-state index is 5.53. The van der Waals surface area contributed by atoms with Gasteiger partial charge in [-0.15, -0.1) is 0 Å². The summed E-state index contributed by atoms with van der Waals surface area (Å²) < 4.78 is 5.53. The van der Waals surface area contributed by atoms with Crippen LogP contribution < -0.4 is 4.74 Å². The number of para-hydroxylation sites is 2. The molecule has 17 heavy (non-hydrogen) atoms. The smallest absolute Gasteiger partial charge is 0.243 e. The van der Waals surface area contributed by atoms with Crippen molar-refractivity contribution in [1.29, 1.82) is 0 Å². The monoisotopic (exact) mass is 229 g/mol. The Labute approximate surface area is 102 Å². The van der Waals surface area contributed by atoms with Crippen molar-refractivity contribution in [1.82, 2.24) is 9.97 Å². The molecule has 0 fully saturated rings. The molecule has 0 aliphatic rings. The molecular weight excluding hydrogens is 212 g/mol. The second kappa shape index (κ2) is 6.18. The lowest BCUT2D eigenvalue weighted by molar-refractivity contribution is 0.293. The normalized spacial score (nSPS) is 10.6. The van der Waals surface area contributed by atoms with Crippen LogP contribution in [0.1, 0.15) is 32.6 Å². The summed E-state index contributed by atoms with van der Waals surface area (Å²) in [4.78, 5) is 8.54. The molecule has 0 N–H and O–H groups in total. The molecule has 2 aromatic rings. The summed E-state index contributed by atoms with van der Waals surface area (Å²) in [5.74, 6) is 0.500. The zero-order valence-electron chi connectivity index (χ0n) is 10.1. The second-order valence-corrected chi connectivity index (χ2v) is 4.04. The Kier molecular flexibility index (Phi) is 4.30. The standard InChI is InChI=1S/C14H17N2O/c1-2-3-4-7-10-17-14-11-15-12-8-5-6-9-13(12)16-14/h5-6,8-9H,2-4,7,10H2,1H3. The van der Waals surface area contributed by atoms with Gasteiger partial charge < -0.3 is 4.74 Å². The third kappa shape index (κ3) is 3.41. The van der Waals surface area contributed by atoms with Gasteiger partial charge in [-0.1, -0.05) is 38.3 Å². The highest BCUT2D eigenvalue weighted by atomic mass is 16.5. The molecule has 1 radical (unpaired) electrons. The predicted molar refractivity (Wildman–Crippen MR) is 68.0 cm³/mol. The number of hydrogen-bond acceptors (Lipinski definition) is 3. The molecule has 0 saturated heterocycles. The number of aromatic nitrogens is 2. The van der Waals surface area contributed by atoms with Gasteiger partial charge in [0.1, 0.15) is 0 Å². The van der Waals surface area contributed by atoms with E-state index in [0.29, 0.717) is 12.5 Å². The van der Waals surface area contributed by atoms with Crippen molar-refractivity contribution in [3.63, 3.8) is 0 Å². The van der Waals surface area contributed by atoms with E-state index < -0.39 is 0 Å². The Morgan fingerprint density at radius 2 is 1.94 bits per heavy atom. The first-order valence-electron chi connectivity index (χ1n) is 6.17. The van der Waals surface area contributed by atoms with E-state index in [1.54, 1.807) is 0 Å². The zero-order chi connectivity index (χ0) is 11.9. The Morgan fingerprint density at radius 1 is 1.12 bits per heavy atom. The number of rotatable bonds is 6. The Morgan fingerprint density at radius 3 is 2.76 bits per heavy atom. The fraction of sp³-hybridized carbons (Fsp3) is 0.429. The molecule has 2 rings (SSSR count). The van der Waals surface area contributed by atoms with Gasteiger partial charge in [0.2, 0.25) is 5.88 Å². The molecule has 1 aromatic carbocycles. The lowest BCUT2D eigenvalue weighted by Crippen LogP contribution is -2.00. The molecule has 0 spiro atoms. The van der Waals surface area contributed by atoms with Crippen LogP contribution in [-0.4, -0.2) is 16.6 Å². The largest absolute Gasteiger partial charge is 0.476 e. The van der Waals surface area contributed by atoms with Crippen molar-refractivity contribution in [2.24, 2.45) is 0 Å². The van der Waals surface area contributed by atoms with Crippen LogP contribution in [0.3, 0.4) is 0 Å². The Bertz CT molecular complexity index is 470. The number of nitrogens with zero attached hydrogens (tertiary/aromatic N) is 2. The summed E-state index contributed by atoms with van der Waals surface area (Å²) in [7, 11) is 0. The van der Waals surface area contributed by atoms with Crippen LogP contribution in [0.4, 0.5) is 0 Å².